The quantitative estimate of drug-likeness (QED) is 0.850. The molecule has 0 aliphatic heterocycles. The van der Waals surface area contributed by atoms with Gasteiger partial charge in [0.1, 0.15) is 5.76 Å². The molecule has 3 nitrogen and oxygen atoms in total. The summed E-state index contributed by atoms with van der Waals surface area (Å²) in [5.74, 6) is 0.877. The van der Waals surface area contributed by atoms with E-state index in [0.717, 1.165) is 17.0 Å². The summed E-state index contributed by atoms with van der Waals surface area (Å²) in [5, 5.41) is 12.1. The van der Waals surface area contributed by atoms with Gasteiger partial charge in [-0.3, -0.25) is 0 Å². The monoisotopic (exact) mass is 212 g/mol. The highest BCUT2D eigenvalue weighted by atomic mass is 16.3. The van der Waals surface area contributed by atoms with Crippen LogP contribution in [0.3, 0.4) is 0 Å². The average Bonchev–Trinajstić information content (AvgIpc) is 2.81. The number of hydrogen-bond donors (Lipinski definition) is 1. The van der Waals surface area contributed by atoms with E-state index in [4.69, 9.17) is 9.68 Å². The lowest BCUT2D eigenvalue weighted by molar-refractivity contribution is 0.518. The maximum Gasteiger partial charge on any atom is 0.122 e. The molecule has 0 bridgehead atoms. The Morgan fingerprint density at radius 3 is 2.94 bits per heavy atom. The van der Waals surface area contributed by atoms with Crippen LogP contribution in [0.2, 0.25) is 0 Å². The van der Waals surface area contributed by atoms with Crippen molar-refractivity contribution >= 4 is 5.69 Å². The molecule has 0 saturated carbocycles. The predicted octanol–water partition coefficient (Wildman–Crippen LogP) is 3.07. The number of furan rings is 1. The van der Waals surface area contributed by atoms with Gasteiger partial charge in [0.2, 0.25) is 0 Å². The first-order valence-electron chi connectivity index (χ1n) is 5.06. The van der Waals surface area contributed by atoms with Crippen molar-refractivity contribution in [2.24, 2.45) is 0 Å². The van der Waals surface area contributed by atoms with Gasteiger partial charge in [-0.1, -0.05) is 6.07 Å². The van der Waals surface area contributed by atoms with Gasteiger partial charge in [-0.25, -0.2) is 0 Å². The Labute approximate surface area is 94.3 Å². The van der Waals surface area contributed by atoms with E-state index in [9.17, 15) is 0 Å². The van der Waals surface area contributed by atoms with Crippen LogP contribution in [0, 0.1) is 18.3 Å². The van der Waals surface area contributed by atoms with Crippen LogP contribution in [0.15, 0.2) is 41.0 Å². The molecule has 0 radical (unpaired) electrons. The summed E-state index contributed by atoms with van der Waals surface area (Å²) < 4.78 is 5.22. The van der Waals surface area contributed by atoms with Crippen LogP contribution in [0.25, 0.3) is 0 Å². The third-order valence-corrected chi connectivity index (χ3v) is 2.40. The van der Waals surface area contributed by atoms with Gasteiger partial charge in [0.05, 0.1) is 24.4 Å². The highest BCUT2D eigenvalue weighted by Crippen LogP contribution is 2.17. The molecule has 80 valence electrons. The molecule has 0 saturated heterocycles. The number of benzene rings is 1. The van der Waals surface area contributed by atoms with Gasteiger partial charge in [0, 0.05) is 5.69 Å². The summed E-state index contributed by atoms with van der Waals surface area (Å²) in [6.07, 6.45) is 1.65. The summed E-state index contributed by atoms with van der Waals surface area (Å²) in [5.41, 5.74) is 2.74. The van der Waals surface area contributed by atoms with Crippen molar-refractivity contribution in [3.8, 4) is 6.07 Å². The number of nitrogens with one attached hydrogen (secondary N) is 1. The summed E-state index contributed by atoms with van der Waals surface area (Å²) in [4.78, 5) is 0. The maximum absolute atomic E-state index is 8.81. The molecule has 1 heterocycles. The van der Waals surface area contributed by atoms with Crippen LogP contribution in [0.4, 0.5) is 5.69 Å². The van der Waals surface area contributed by atoms with Crippen LogP contribution >= 0.6 is 0 Å². The summed E-state index contributed by atoms with van der Waals surface area (Å²) in [6, 6.07) is 11.5. The third-order valence-electron chi connectivity index (χ3n) is 2.40. The molecule has 0 amide bonds. The maximum atomic E-state index is 8.81. The SMILES string of the molecule is Cc1ccc(C#N)cc1NCc1ccco1. The van der Waals surface area contributed by atoms with Crippen molar-refractivity contribution in [1.82, 2.24) is 0 Å². The van der Waals surface area contributed by atoms with Crippen molar-refractivity contribution in [1.29, 1.82) is 5.26 Å². The summed E-state index contributed by atoms with van der Waals surface area (Å²) in [7, 11) is 0. The third kappa shape index (κ3) is 2.23. The normalized spacial score (nSPS) is 9.75. The first kappa shape index (κ1) is 10.3. The molecule has 2 rings (SSSR count). The van der Waals surface area contributed by atoms with Crippen LogP contribution in [-0.4, -0.2) is 0 Å². The Balaban J connectivity index is 2.12. The standard InChI is InChI=1S/C13H12N2O/c1-10-4-5-11(8-14)7-13(10)15-9-12-3-2-6-16-12/h2-7,15H,9H2,1H3. The lowest BCUT2D eigenvalue weighted by Gasteiger charge is -2.08. The first-order valence-corrected chi connectivity index (χ1v) is 5.06. The Morgan fingerprint density at radius 1 is 1.38 bits per heavy atom. The molecule has 1 N–H and O–H groups in total. The molecule has 2 aromatic rings. The first-order chi connectivity index (χ1) is 7.79. The number of anilines is 1. The minimum absolute atomic E-state index is 0.628. The number of nitrogens with zero attached hydrogens (tertiary/aromatic N) is 1. The predicted molar refractivity (Wildman–Crippen MR) is 61.9 cm³/mol. The van der Waals surface area contributed by atoms with E-state index in [2.05, 4.69) is 11.4 Å². The fourth-order valence-corrected chi connectivity index (χ4v) is 1.48. The number of rotatable bonds is 3. The average molecular weight is 212 g/mol. The van der Waals surface area contributed by atoms with Gasteiger partial charge in [-0.15, -0.1) is 0 Å². The number of nitriles is 1. The van der Waals surface area contributed by atoms with Crippen LogP contribution in [0.5, 0.6) is 0 Å². The number of aryl methyl sites for hydroxylation is 1. The van der Waals surface area contributed by atoms with E-state index in [0.29, 0.717) is 12.1 Å². The zero-order chi connectivity index (χ0) is 11.4. The summed E-state index contributed by atoms with van der Waals surface area (Å²) in [6.45, 7) is 2.63. The van der Waals surface area contributed by atoms with Crippen molar-refractivity contribution in [3.63, 3.8) is 0 Å². The molecule has 16 heavy (non-hydrogen) atoms. The topological polar surface area (TPSA) is 49.0 Å². The second-order valence-corrected chi connectivity index (χ2v) is 3.57. The molecule has 1 aromatic heterocycles. The second-order valence-electron chi connectivity index (χ2n) is 3.57. The van der Waals surface area contributed by atoms with Crippen LogP contribution < -0.4 is 5.32 Å². The van der Waals surface area contributed by atoms with Crippen LogP contribution in [0.1, 0.15) is 16.9 Å². The Morgan fingerprint density at radius 2 is 2.25 bits per heavy atom. The van der Waals surface area contributed by atoms with Crippen molar-refractivity contribution in [2.45, 2.75) is 13.5 Å². The molecule has 1 aromatic carbocycles. The fourth-order valence-electron chi connectivity index (χ4n) is 1.48. The van der Waals surface area contributed by atoms with Gasteiger partial charge in [0.15, 0.2) is 0 Å². The van der Waals surface area contributed by atoms with Gasteiger partial charge in [0.25, 0.3) is 0 Å². The molecular weight excluding hydrogens is 200 g/mol. The molecule has 0 aliphatic carbocycles. The Bertz CT molecular complexity index is 509. The van der Waals surface area contributed by atoms with E-state index < -0.39 is 0 Å². The van der Waals surface area contributed by atoms with Crippen LogP contribution in [-0.2, 0) is 6.54 Å². The molecule has 0 spiro atoms. The minimum atomic E-state index is 0.628. The van der Waals surface area contributed by atoms with E-state index in [1.165, 1.54) is 0 Å². The molecule has 0 aliphatic rings. The van der Waals surface area contributed by atoms with Gasteiger partial charge >= 0.3 is 0 Å². The molecule has 0 atom stereocenters. The Kier molecular flexibility index (Phi) is 2.93. The highest BCUT2D eigenvalue weighted by molar-refractivity contribution is 5.55. The second kappa shape index (κ2) is 4.54. The van der Waals surface area contributed by atoms with Crippen molar-refractivity contribution in [2.75, 3.05) is 5.32 Å². The zero-order valence-electron chi connectivity index (χ0n) is 9.03. The minimum Gasteiger partial charge on any atom is -0.467 e. The smallest absolute Gasteiger partial charge is 0.122 e. The lowest BCUT2D eigenvalue weighted by Crippen LogP contribution is -2.00. The van der Waals surface area contributed by atoms with Crippen molar-refractivity contribution < 1.29 is 4.42 Å². The van der Waals surface area contributed by atoms with E-state index in [-0.39, 0.29) is 0 Å². The van der Waals surface area contributed by atoms with Gasteiger partial charge < -0.3 is 9.73 Å². The molecular formula is C13H12N2O. The molecule has 0 unspecified atom stereocenters. The molecule has 0 fully saturated rings. The molecule has 3 heteroatoms. The number of hydrogen-bond acceptors (Lipinski definition) is 3. The van der Waals surface area contributed by atoms with Gasteiger partial charge in [-0.05, 0) is 36.8 Å². The largest absolute Gasteiger partial charge is 0.467 e. The lowest BCUT2D eigenvalue weighted by atomic mass is 10.1. The fraction of sp³-hybridized carbons (Fsp3) is 0.154. The summed E-state index contributed by atoms with van der Waals surface area (Å²) >= 11 is 0. The van der Waals surface area contributed by atoms with E-state index in [1.807, 2.05) is 37.3 Å². The van der Waals surface area contributed by atoms with Crippen molar-refractivity contribution in [3.05, 3.63) is 53.5 Å². The van der Waals surface area contributed by atoms with E-state index in [1.54, 1.807) is 6.26 Å². The van der Waals surface area contributed by atoms with Gasteiger partial charge in [-0.2, -0.15) is 5.26 Å². The zero-order valence-corrected chi connectivity index (χ0v) is 9.03. The highest BCUT2D eigenvalue weighted by Gasteiger charge is 2.01. The Hall–Kier alpha value is -2.21. The van der Waals surface area contributed by atoms with E-state index >= 15 is 0 Å².